The molecule has 1 saturated carbocycles. The number of halogens is 2. The number of hydrogen-bond donors (Lipinski definition) is 2. The molecule has 1 aliphatic carbocycles. The average Bonchev–Trinajstić information content (AvgIpc) is 2.62. The van der Waals surface area contributed by atoms with Crippen molar-refractivity contribution in [3.05, 3.63) is 34.6 Å². The SMILES string of the molecule is O=C(O)C(NC1CCCCCC1)c1cc(F)cc(Cl)c1. The second kappa shape index (κ2) is 7.04. The Morgan fingerprint density at radius 3 is 2.45 bits per heavy atom. The Kier molecular flexibility index (Phi) is 5.38. The van der Waals surface area contributed by atoms with E-state index in [1.807, 2.05) is 0 Å². The van der Waals surface area contributed by atoms with Gasteiger partial charge in [0.2, 0.25) is 0 Å². The van der Waals surface area contributed by atoms with E-state index in [4.69, 9.17) is 11.6 Å². The zero-order chi connectivity index (χ0) is 14.5. The summed E-state index contributed by atoms with van der Waals surface area (Å²) in [7, 11) is 0. The van der Waals surface area contributed by atoms with Crippen LogP contribution < -0.4 is 5.32 Å². The third kappa shape index (κ3) is 4.18. The van der Waals surface area contributed by atoms with E-state index in [1.54, 1.807) is 0 Å². The molecule has 20 heavy (non-hydrogen) atoms. The molecule has 2 N–H and O–H groups in total. The first-order valence-electron chi connectivity index (χ1n) is 7.01. The highest BCUT2D eigenvalue weighted by Crippen LogP contribution is 2.24. The summed E-state index contributed by atoms with van der Waals surface area (Å²) in [6, 6.07) is 3.17. The summed E-state index contributed by atoms with van der Waals surface area (Å²) in [5.41, 5.74) is 0.367. The molecule has 1 aromatic carbocycles. The molecule has 0 bridgehead atoms. The number of rotatable bonds is 4. The van der Waals surface area contributed by atoms with Crippen LogP contribution in [0.25, 0.3) is 0 Å². The smallest absolute Gasteiger partial charge is 0.325 e. The highest BCUT2D eigenvalue weighted by molar-refractivity contribution is 6.30. The van der Waals surface area contributed by atoms with Gasteiger partial charge in [0.1, 0.15) is 11.9 Å². The summed E-state index contributed by atoms with van der Waals surface area (Å²) in [5.74, 6) is -1.52. The van der Waals surface area contributed by atoms with Gasteiger partial charge >= 0.3 is 5.97 Å². The van der Waals surface area contributed by atoms with Crippen molar-refractivity contribution in [3.63, 3.8) is 0 Å². The molecule has 3 nitrogen and oxygen atoms in total. The molecule has 1 aliphatic rings. The number of hydrogen-bond acceptors (Lipinski definition) is 2. The summed E-state index contributed by atoms with van der Waals surface area (Å²) >= 11 is 5.81. The van der Waals surface area contributed by atoms with Crippen molar-refractivity contribution < 1.29 is 14.3 Å². The first kappa shape index (κ1) is 15.3. The largest absolute Gasteiger partial charge is 0.480 e. The van der Waals surface area contributed by atoms with Gasteiger partial charge in [-0.3, -0.25) is 10.1 Å². The van der Waals surface area contributed by atoms with Crippen molar-refractivity contribution in [2.45, 2.75) is 50.6 Å². The molecular formula is C15H19ClFNO2. The van der Waals surface area contributed by atoms with E-state index in [0.29, 0.717) is 5.56 Å². The van der Waals surface area contributed by atoms with Gasteiger partial charge in [0.25, 0.3) is 0 Å². The van der Waals surface area contributed by atoms with Gasteiger partial charge in [-0.15, -0.1) is 0 Å². The molecule has 0 amide bonds. The predicted octanol–water partition coefficient (Wildman–Crippen LogP) is 3.92. The molecular weight excluding hydrogens is 281 g/mol. The number of nitrogens with one attached hydrogen (secondary N) is 1. The molecule has 0 heterocycles. The Labute approximate surface area is 123 Å². The average molecular weight is 300 g/mol. The predicted molar refractivity (Wildman–Crippen MR) is 76.4 cm³/mol. The fourth-order valence-electron chi connectivity index (χ4n) is 2.73. The quantitative estimate of drug-likeness (QED) is 0.829. The van der Waals surface area contributed by atoms with Crippen LogP contribution in [0.15, 0.2) is 18.2 Å². The van der Waals surface area contributed by atoms with Gasteiger partial charge < -0.3 is 5.11 Å². The standard InChI is InChI=1S/C15H19ClFNO2/c16-11-7-10(8-12(17)9-11)14(15(19)20)18-13-5-3-1-2-4-6-13/h7-9,13-14,18H,1-6H2,(H,19,20). The van der Waals surface area contributed by atoms with Crippen LogP contribution in [0, 0.1) is 5.82 Å². The van der Waals surface area contributed by atoms with E-state index in [9.17, 15) is 14.3 Å². The van der Waals surface area contributed by atoms with Gasteiger partial charge in [0.05, 0.1) is 0 Å². The van der Waals surface area contributed by atoms with Crippen molar-refractivity contribution in [2.24, 2.45) is 0 Å². The summed E-state index contributed by atoms with van der Waals surface area (Å²) in [6.07, 6.45) is 6.53. The maximum atomic E-state index is 13.4. The van der Waals surface area contributed by atoms with Crippen LogP contribution in [-0.4, -0.2) is 17.1 Å². The van der Waals surface area contributed by atoms with E-state index < -0.39 is 17.8 Å². The van der Waals surface area contributed by atoms with E-state index in [2.05, 4.69) is 5.32 Å². The van der Waals surface area contributed by atoms with Gasteiger partial charge in [0, 0.05) is 11.1 Å². The number of benzene rings is 1. The van der Waals surface area contributed by atoms with E-state index in [-0.39, 0.29) is 11.1 Å². The van der Waals surface area contributed by atoms with Crippen LogP contribution in [-0.2, 0) is 4.79 Å². The second-order valence-electron chi connectivity index (χ2n) is 5.33. The molecule has 110 valence electrons. The third-order valence-corrected chi connectivity index (χ3v) is 3.94. The molecule has 1 aromatic rings. The molecule has 5 heteroatoms. The molecule has 0 saturated heterocycles. The van der Waals surface area contributed by atoms with Crippen LogP contribution in [0.5, 0.6) is 0 Å². The Morgan fingerprint density at radius 1 is 1.25 bits per heavy atom. The summed E-state index contributed by atoms with van der Waals surface area (Å²) in [5, 5.41) is 12.7. The van der Waals surface area contributed by atoms with E-state index in [0.717, 1.165) is 25.7 Å². The highest BCUT2D eigenvalue weighted by atomic mass is 35.5. The fourth-order valence-corrected chi connectivity index (χ4v) is 2.96. The molecule has 1 atom stereocenters. The minimum absolute atomic E-state index is 0.167. The Hall–Kier alpha value is -1.13. The minimum atomic E-state index is -1.00. The number of carboxylic acids is 1. The van der Waals surface area contributed by atoms with E-state index >= 15 is 0 Å². The van der Waals surface area contributed by atoms with Crippen molar-refractivity contribution in [3.8, 4) is 0 Å². The first-order valence-corrected chi connectivity index (χ1v) is 7.39. The van der Waals surface area contributed by atoms with Gasteiger partial charge in [-0.2, -0.15) is 0 Å². The van der Waals surface area contributed by atoms with Crippen LogP contribution in [0.3, 0.4) is 0 Å². The molecule has 2 rings (SSSR count). The van der Waals surface area contributed by atoms with Crippen LogP contribution in [0.4, 0.5) is 4.39 Å². The summed E-state index contributed by atoms with van der Waals surface area (Å²) in [6.45, 7) is 0. The van der Waals surface area contributed by atoms with Crippen molar-refractivity contribution in [2.75, 3.05) is 0 Å². The lowest BCUT2D eigenvalue weighted by atomic mass is 10.0. The molecule has 1 fully saturated rings. The number of carboxylic acid groups (broad SMARTS) is 1. The minimum Gasteiger partial charge on any atom is -0.480 e. The Bertz CT molecular complexity index is 453. The van der Waals surface area contributed by atoms with Crippen LogP contribution >= 0.6 is 11.6 Å². The number of carbonyl (C=O) groups is 1. The molecule has 1 unspecified atom stereocenters. The van der Waals surface area contributed by atoms with Crippen molar-refractivity contribution in [1.29, 1.82) is 0 Å². The summed E-state index contributed by atoms with van der Waals surface area (Å²) < 4.78 is 13.4. The van der Waals surface area contributed by atoms with Crippen molar-refractivity contribution >= 4 is 17.6 Å². The third-order valence-electron chi connectivity index (χ3n) is 3.72. The molecule has 0 radical (unpaired) electrons. The monoisotopic (exact) mass is 299 g/mol. The lowest BCUT2D eigenvalue weighted by Gasteiger charge is -2.22. The number of aliphatic carboxylic acids is 1. The normalized spacial score (nSPS) is 18.5. The van der Waals surface area contributed by atoms with E-state index in [1.165, 1.54) is 31.0 Å². The van der Waals surface area contributed by atoms with Crippen LogP contribution in [0.2, 0.25) is 5.02 Å². The van der Waals surface area contributed by atoms with Gasteiger partial charge in [-0.25, -0.2) is 4.39 Å². The van der Waals surface area contributed by atoms with Crippen molar-refractivity contribution in [1.82, 2.24) is 5.32 Å². The lowest BCUT2D eigenvalue weighted by molar-refractivity contribution is -0.140. The lowest BCUT2D eigenvalue weighted by Crippen LogP contribution is -2.36. The Morgan fingerprint density at radius 2 is 1.90 bits per heavy atom. The maximum Gasteiger partial charge on any atom is 0.325 e. The van der Waals surface area contributed by atoms with Gasteiger partial charge in [0.15, 0.2) is 0 Å². The zero-order valence-corrected chi connectivity index (χ0v) is 12.0. The molecule has 0 aromatic heterocycles. The topological polar surface area (TPSA) is 49.3 Å². The molecule has 0 aliphatic heterocycles. The first-order chi connectivity index (χ1) is 9.56. The summed E-state index contributed by atoms with van der Waals surface area (Å²) in [4.78, 5) is 11.5. The van der Waals surface area contributed by atoms with Gasteiger partial charge in [-0.1, -0.05) is 37.3 Å². The zero-order valence-electron chi connectivity index (χ0n) is 11.2. The Balaban J connectivity index is 2.15. The van der Waals surface area contributed by atoms with Crippen LogP contribution in [0.1, 0.15) is 50.1 Å². The molecule has 0 spiro atoms. The fraction of sp³-hybridized carbons (Fsp3) is 0.533. The van der Waals surface area contributed by atoms with Gasteiger partial charge in [-0.05, 0) is 36.6 Å². The second-order valence-corrected chi connectivity index (χ2v) is 5.77. The maximum absolute atomic E-state index is 13.4. The highest BCUT2D eigenvalue weighted by Gasteiger charge is 2.24.